The highest BCUT2D eigenvalue weighted by molar-refractivity contribution is 6.01. The first-order valence-electron chi connectivity index (χ1n) is 50.0. The maximum atomic E-state index is 14.5. The van der Waals surface area contributed by atoms with Gasteiger partial charge in [-0.15, -0.1) is 0 Å². The van der Waals surface area contributed by atoms with E-state index in [1.54, 1.807) is 117 Å². The predicted molar refractivity (Wildman–Crippen MR) is 554 cm³/mol. The van der Waals surface area contributed by atoms with Crippen LogP contribution in [0.3, 0.4) is 0 Å². The molecule has 0 saturated carbocycles. The largest absolute Gasteiger partial charge is 0.449 e. The maximum Gasteiger partial charge on any atom is 0.253 e. The number of carbonyl (C=O) groups is 5. The maximum absolute atomic E-state index is 14.5. The highest BCUT2D eigenvalue weighted by Crippen LogP contribution is 2.37. The van der Waals surface area contributed by atoms with Gasteiger partial charge in [-0.2, -0.15) is 0 Å². The van der Waals surface area contributed by atoms with Crippen molar-refractivity contribution in [1.29, 1.82) is 0 Å². The van der Waals surface area contributed by atoms with E-state index in [1.807, 2.05) is 41.5 Å². The van der Waals surface area contributed by atoms with Crippen LogP contribution in [0.5, 0.6) is 0 Å². The summed E-state index contributed by atoms with van der Waals surface area (Å²) >= 11 is 0. The summed E-state index contributed by atoms with van der Waals surface area (Å²) in [5.41, 5.74) is 0.151. The second-order valence-corrected chi connectivity index (χ2v) is 45.5. The van der Waals surface area contributed by atoms with Crippen molar-refractivity contribution in [3.63, 3.8) is 0 Å². The van der Waals surface area contributed by atoms with E-state index in [0.717, 1.165) is 88.0 Å². The molecule has 6 unspecified atom stereocenters. The molecule has 5 N–H and O–H groups in total. The predicted octanol–water partition coefficient (Wildman–Crippen LogP) is 24.4. The van der Waals surface area contributed by atoms with Crippen LogP contribution >= 0.6 is 0 Å². The molecule has 10 heterocycles. The van der Waals surface area contributed by atoms with Crippen LogP contribution in [0.25, 0.3) is 54.5 Å². The van der Waals surface area contributed by atoms with Crippen molar-refractivity contribution in [3.05, 3.63) is 256 Å². The lowest BCUT2D eigenvalue weighted by molar-refractivity contribution is 0.0402. The van der Waals surface area contributed by atoms with E-state index in [9.17, 15) is 59.1 Å². The minimum atomic E-state index is -1.19. The second kappa shape index (κ2) is 47.4. The first-order chi connectivity index (χ1) is 67.4. The van der Waals surface area contributed by atoms with Gasteiger partial charge in [0, 0.05) is 134 Å². The summed E-state index contributed by atoms with van der Waals surface area (Å²) in [4.78, 5) is 101. The number of benzene rings is 5. The molecular weight excluding hydrogens is 1840 g/mol. The van der Waals surface area contributed by atoms with Gasteiger partial charge in [0.15, 0.2) is 11.8 Å². The third-order valence-electron chi connectivity index (χ3n) is 25.8. The van der Waals surface area contributed by atoms with Gasteiger partial charge in [-0.25, -0.2) is 45.1 Å². The standard InChI is InChI=1S/C24H31F2N3O.2C23H31F2N3O.2C22H26FN3O2/c1-16(2)13-24(4,15-29-10-8-18(9-11-29)17(3)25)28-23(30)20-12-19-6-5-7-21(26)22(19)27-14-20;1-16(2)12-23(4,15-28-10-6-9-22(3,25)14-28)27-21(29)18-11-17-7-5-8-19(24)20(17)26-13-18;1-16(2)13-23(4,15-28-10-8-22(3,25)9-11-28)27-21(29)18-12-17-6-5-7-19(24)20(17)26-14-18;1-14-12-28-18(25-14)10-22(5,13-21(2,3)4)26-20(27)16-9-15-7-6-8-17(23)19(15)24-11-16;1-14-11-24-18(28-14)10-22(5,13-21(2,3)4)26-20(27)16-9-15-7-6-8-17(23)19(15)25-12-16/h5-7,12,14,16H,8-11,13,15H2,1-4H3,(H,28,30);5,7-8,11,13,16H,6,9-10,12,14-15H2,1-4H3,(H,27,29);5-7,12,14,16H,8-11,13,15H2,1-4H3,(H,27,29);2*6-9,11-12H,10,13H2,1-5H3,(H,26,27). The number of halogens is 8. The van der Waals surface area contributed by atoms with Crippen LogP contribution in [0.1, 0.15) is 284 Å². The summed E-state index contributed by atoms with van der Waals surface area (Å²) in [6.07, 6.45) is 19.0. The van der Waals surface area contributed by atoms with Crippen molar-refractivity contribution in [2.24, 2.45) is 28.6 Å². The average molecular weight is 1990 g/mol. The van der Waals surface area contributed by atoms with E-state index in [4.69, 9.17) is 8.83 Å². The minimum absolute atomic E-state index is 0.0194. The van der Waals surface area contributed by atoms with E-state index in [0.29, 0.717) is 156 Å². The fraction of sp³-hybridized carbons (Fsp3) is 0.491. The van der Waals surface area contributed by atoms with Crippen molar-refractivity contribution in [1.82, 2.24) is 76.2 Å². The van der Waals surface area contributed by atoms with Gasteiger partial charge in [0.05, 0.1) is 62.2 Å². The molecule has 5 amide bonds. The third kappa shape index (κ3) is 33.0. The van der Waals surface area contributed by atoms with Gasteiger partial charge in [0.1, 0.15) is 80.0 Å². The fourth-order valence-corrected chi connectivity index (χ4v) is 20.8. The van der Waals surface area contributed by atoms with E-state index in [1.165, 1.54) is 68.2 Å². The zero-order chi connectivity index (χ0) is 105. The van der Waals surface area contributed by atoms with Crippen LogP contribution in [0.15, 0.2) is 185 Å². The number of alkyl halides is 2. The number of pyridine rings is 5. The van der Waals surface area contributed by atoms with Crippen molar-refractivity contribution in [2.75, 3.05) is 58.9 Å². The molecule has 3 aliphatic heterocycles. The number of oxazole rings is 2. The zero-order valence-corrected chi connectivity index (χ0v) is 87.7. The number of hydrogen-bond acceptors (Lipinski definition) is 17. The lowest BCUT2D eigenvalue weighted by atomic mass is 9.78. The van der Waals surface area contributed by atoms with Crippen LogP contribution in [0.2, 0.25) is 0 Å². The van der Waals surface area contributed by atoms with Crippen molar-refractivity contribution in [3.8, 4) is 0 Å². The van der Waals surface area contributed by atoms with Gasteiger partial charge in [-0.1, -0.05) is 144 Å². The van der Waals surface area contributed by atoms with E-state index in [2.05, 4.69) is 166 Å². The number of aryl methyl sites for hydroxylation is 2. The molecule has 144 heavy (non-hydrogen) atoms. The smallest absolute Gasteiger partial charge is 0.253 e. The highest BCUT2D eigenvalue weighted by Gasteiger charge is 2.41. The van der Waals surface area contributed by atoms with Crippen molar-refractivity contribution in [2.45, 2.75) is 275 Å². The first kappa shape index (κ1) is 112. The van der Waals surface area contributed by atoms with Crippen molar-refractivity contribution >= 4 is 84.1 Å². The molecule has 774 valence electrons. The molecule has 0 radical (unpaired) electrons. The Morgan fingerprint density at radius 2 is 0.708 bits per heavy atom. The molecule has 7 aromatic heterocycles. The molecule has 5 aromatic carbocycles. The summed E-state index contributed by atoms with van der Waals surface area (Å²) in [6.45, 7) is 50.3. The van der Waals surface area contributed by atoms with E-state index >= 15 is 0 Å². The molecule has 15 rings (SSSR count). The first-order valence-corrected chi connectivity index (χ1v) is 50.0. The van der Waals surface area contributed by atoms with Crippen LogP contribution in [0.4, 0.5) is 35.1 Å². The van der Waals surface area contributed by atoms with Crippen molar-refractivity contribution < 1.29 is 67.9 Å². The fourth-order valence-electron chi connectivity index (χ4n) is 20.8. The molecule has 30 heteroatoms. The number of aromatic nitrogens is 7. The highest BCUT2D eigenvalue weighted by atomic mass is 19.2. The summed E-state index contributed by atoms with van der Waals surface area (Å²) < 4.78 is 123. The molecule has 3 saturated heterocycles. The molecule has 0 aliphatic carbocycles. The summed E-state index contributed by atoms with van der Waals surface area (Å²) in [7, 11) is 0. The Morgan fingerprint density at radius 1 is 0.403 bits per heavy atom. The molecule has 3 aliphatic rings. The van der Waals surface area contributed by atoms with Gasteiger partial charge in [-0.3, -0.25) is 53.8 Å². The topological polar surface area (TPSA) is 272 Å². The number of rotatable bonds is 28. The number of carbonyl (C=O) groups excluding carboxylic acids is 5. The van der Waals surface area contributed by atoms with Gasteiger partial charge in [-0.05, 0) is 241 Å². The van der Waals surface area contributed by atoms with E-state index < -0.39 is 68.1 Å². The molecule has 0 bridgehead atoms. The van der Waals surface area contributed by atoms with Gasteiger partial charge < -0.3 is 45.2 Å². The summed E-state index contributed by atoms with van der Waals surface area (Å²) in [5.74, 6) is -0.197. The molecule has 0 spiro atoms. The molecular formula is C114H145F8N15O7. The number of piperidine rings is 3. The Balaban J connectivity index is 0.000000172. The lowest BCUT2D eigenvalue weighted by Crippen LogP contribution is -2.57. The zero-order valence-electron chi connectivity index (χ0n) is 87.7. The van der Waals surface area contributed by atoms with Gasteiger partial charge >= 0.3 is 0 Å². The SMILES string of the molecule is CC(C)CC(C)(CN1CCC(C)(F)CC1)NC(=O)c1cnc2c(F)cccc2c1.CC(C)CC(C)(CN1CCCC(C)(F)C1)NC(=O)c1cnc2c(F)cccc2c1.CC(F)=C1CCN(CC(C)(CC(C)C)NC(=O)c2cnc3c(F)cccc3c2)CC1.Cc1cnc(CC(C)(CC(C)(C)C)NC(=O)c2cnc3c(F)cccc3c2)o1.Cc1coc(CC(C)(CC(C)(C)C)NC(=O)c2cnc3c(F)cccc3c2)n1. The Morgan fingerprint density at radius 3 is 0.986 bits per heavy atom. The molecule has 12 aromatic rings. The second-order valence-electron chi connectivity index (χ2n) is 45.5. The Bertz CT molecular complexity index is 6340. The summed E-state index contributed by atoms with van der Waals surface area (Å²) in [5, 5.41) is 18.8. The monoisotopic (exact) mass is 1990 g/mol. The minimum Gasteiger partial charge on any atom is -0.449 e. The van der Waals surface area contributed by atoms with Crippen LogP contribution < -0.4 is 26.6 Å². The van der Waals surface area contributed by atoms with Gasteiger partial charge in [0.25, 0.3) is 29.5 Å². The number of amides is 5. The third-order valence-corrected chi connectivity index (χ3v) is 25.8. The van der Waals surface area contributed by atoms with Crippen LogP contribution in [-0.2, 0) is 12.8 Å². The average Bonchev–Trinajstić information content (AvgIpc) is 0.889. The number of nitrogens with one attached hydrogen (secondary N) is 5. The molecule has 22 nitrogen and oxygen atoms in total. The quantitative estimate of drug-likeness (QED) is 0.0285. The van der Waals surface area contributed by atoms with Crippen LogP contribution in [0, 0.1) is 71.5 Å². The Kier molecular flexibility index (Phi) is 37.0. The summed E-state index contributed by atoms with van der Waals surface area (Å²) in [6, 6.07) is 31.9. The lowest BCUT2D eigenvalue weighted by Gasteiger charge is -2.42. The molecule has 3 fully saturated rings. The number of para-hydroxylation sites is 5. The van der Waals surface area contributed by atoms with Crippen LogP contribution in [-0.4, -0.2) is 177 Å². The Labute approximate surface area is 842 Å². The molecule has 6 atom stereocenters. The normalized spacial score (nSPS) is 17.5. The number of nitrogens with zero attached hydrogens (tertiary/aromatic N) is 10. The number of allylic oxidation sites excluding steroid dienone is 1. The number of hydrogen-bond donors (Lipinski definition) is 5. The number of fused-ring (bicyclic) bond motifs is 5. The Hall–Kier alpha value is -12.0. The van der Waals surface area contributed by atoms with E-state index in [-0.39, 0.29) is 73.8 Å². The van der Waals surface area contributed by atoms with Gasteiger partial charge in [0.2, 0.25) is 0 Å². The number of likely N-dealkylation sites (tertiary alicyclic amines) is 3.